The Morgan fingerprint density at radius 2 is 2.07 bits per heavy atom. The summed E-state index contributed by atoms with van der Waals surface area (Å²) in [5.74, 6) is -0.0925. The Bertz CT molecular complexity index is 953. The molecule has 2 heterocycles. The summed E-state index contributed by atoms with van der Waals surface area (Å²) in [5.41, 5.74) is 0.942. The zero-order valence-corrected chi connectivity index (χ0v) is 17.7. The first-order chi connectivity index (χ1) is 13.9. The smallest absolute Gasteiger partial charge is 0.243 e. The maximum atomic E-state index is 13.0. The van der Waals surface area contributed by atoms with E-state index in [1.807, 2.05) is 19.1 Å². The molecule has 1 aromatic carbocycles. The van der Waals surface area contributed by atoms with E-state index >= 15 is 0 Å². The number of carbonyl (C=O) groups is 1. The fourth-order valence-corrected chi connectivity index (χ4v) is 5.12. The van der Waals surface area contributed by atoms with Crippen molar-refractivity contribution in [2.24, 2.45) is 5.92 Å². The lowest BCUT2D eigenvalue weighted by atomic mass is 9.99. The zero-order chi connectivity index (χ0) is 20.9. The van der Waals surface area contributed by atoms with E-state index in [-0.39, 0.29) is 22.4 Å². The minimum Gasteiger partial charge on any atom is -0.492 e. The van der Waals surface area contributed by atoms with Crippen LogP contribution >= 0.6 is 11.6 Å². The summed E-state index contributed by atoms with van der Waals surface area (Å²) in [6.07, 6.45) is 4.60. The van der Waals surface area contributed by atoms with Gasteiger partial charge in [-0.15, -0.1) is 0 Å². The first-order valence-corrected chi connectivity index (χ1v) is 11.3. The molecule has 29 heavy (non-hydrogen) atoms. The lowest BCUT2D eigenvalue weighted by Gasteiger charge is -2.31. The SMILES string of the molecule is CCOc1ccc(S(=O)(=O)N2CCC[C@H](C(=O)NCc3ccncc3)C2)cc1Cl. The molecule has 1 N–H and O–H groups in total. The fourth-order valence-electron chi connectivity index (χ4n) is 3.27. The Hall–Kier alpha value is -2.16. The number of carbonyl (C=O) groups excluding carboxylic acids is 1. The monoisotopic (exact) mass is 437 g/mol. The van der Waals surface area contributed by atoms with E-state index < -0.39 is 15.9 Å². The predicted molar refractivity (Wildman–Crippen MR) is 110 cm³/mol. The Balaban J connectivity index is 1.67. The first kappa shape index (κ1) is 21.5. The van der Waals surface area contributed by atoms with E-state index in [1.165, 1.54) is 16.4 Å². The molecule has 0 radical (unpaired) electrons. The molecule has 9 heteroatoms. The zero-order valence-electron chi connectivity index (χ0n) is 16.2. The summed E-state index contributed by atoms with van der Waals surface area (Å²) in [6, 6.07) is 8.09. The van der Waals surface area contributed by atoms with Gasteiger partial charge in [0.1, 0.15) is 5.75 Å². The summed E-state index contributed by atoms with van der Waals surface area (Å²) < 4.78 is 32.8. The number of rotatable bonds is 7. The molecule has 1 aliphatic rings. The highest BCUT2D eigenvalue weighted by Gasteiger charge is 2.33. The number of sulfonamides is 1. The molecule has 156 valence electrons. The molecular weight excluding hydrogens is 414 g/mol. The average molecular weight is 438 g/mol. The van der Waals surface area contributed by atoms with E-state index in [0.29, 0.717) is 38.3 Å². The number of amides is 1. The van der Waals surface area contributed by atoms with Gasteiger partial charge in [-0.1, -0.05) is 11.6 Å². The standard InChI is InChI=1S/C20H24ClN3O4S/c1-2-28-19-6-5-17(12-18(19)21)29(26,27)24-11-3-4-16(14-24)20(25)23-13-15-7-9-22-10-8-15/h5-10,12,16H,2-4,11,13-14H2,1H3,(H,23,25)/t16-/m0/s1. The van der Waals surface area contributed by atoms with Crippen LogP contribution in [0.15, 0.2) is 47.6 Å². The van der Waals surface area contributed by atoms with Crippen molar-refractivity contribution >= 4 is 27.5 Å². The van der Waals surface area contributed by atoms with Crippen molar-refractivity contribution in [3.05, 3.63) is 53.3 Å². The minimum absolute atomic E-state index is 0.101. The maximum absolute atomic E-state index is 13.0. The third-order valence-electron chi connectivity index (χ3n) is 4.81. The van der Waals surface area contributed by atoms with Gasteiger partial charge in [-0.3, -0.25) is 9.78 Å². The van der Waals surface area contributed by atoms with Gasteiger partial charge in [-0.05, 0) is 55.7 Å². The third-order valence-corrected chi connectivity index (χ3v) is 6.97. The van der Waals surface area contributed by atoms with Gasteiger partial charge in [0, 0.05) is 32.0 Å². The topological polar surface area (TPSA) is 88.6 Å². The number of nitrogens with zero attached hydrogens (tertiary/aromatic N) is 2. The van der Waals surface area contributed by atoms with E-state index in [4.69, 9.17) is 16.3 Å². The molecule has 1 atom stereocenters. The van der Waals surface area contributed by atoms with Gasteiger partial charge >= 0.3 is 0 Å². The second kappa shape index (κ2) is 9.56. The summed E-state index contributed by atoms with van der Waals surface area (Å²) in [5, 5.41) is 3.13. The summed E-state index contributed by atoms with van der Waals surface area (Å²) in [7, 11) is -3.74. The highest BCUT2D eigenvalue weighted by Crippen LogP contribution is 2.30. The molecule has 1 fully saturated rings. The second-order valence-electron chi connectivity index (χ2n) is 6.80. The Morgan fingerprint density at radius 3 is 2.76 bits per heavy atom. The van der Waals surface area contributed by atoms with Crippen molar-refractivity contribution in [3.8, 4) is 5.75 Å². The van der Waals surface area contributed by atoms with Crippen LogP contribution in [0.4, 0.5) is 0 Å². The Labute approximate surface area is 176 Å². The molecule has 1 saturated heterocycles. The molecule has 0 saturated carbocycles. The molecule has 0 spiro atoms. The van der Waals surface area contributed by atoms with Crippen LogP contribution in [0.25, 0.3) is 0 Å². The van der Waals surface area contributed by atoms with E-state index in [1.54, 1.807) is 18.5 Å². The molecule has 0 unspecified atom stereocenters. The average Bonchev–Trinajstić information content (AvgIpc) is 2.74. The van der Waals surface area contributed by atoms with Gasteiger partial charge < -0.3 is 10.1 Å². The molecule has 1 aromatic heterocycles. The van der Waals surface area contributed by atoms with Gasteiger partial charge in [0.05, 0.1) is 22.4 Å². The largest absolute Gasteiger partial charge is 0.492 e. The number of aromatic nitrogens is 1. The normalized spacial score (nSPS) is 17.7. The van der Waals surface area contributed by atoms with Crippen LogP contribution in [0, 0.1) is 5.92 Å². The molecule has 1 amide bonds. The van der Waals surface area contributed by atoms with Crippen LogP contribution in [0.5, 0.6) is 5.75 Å². The number of ether oxygens (including phenoxy) is 1. The molecule has 7 nitrogen and oxygen atoms in total. The van der Waals surface area contributed by atoms with Crippen LogP contribution in [0.3, 0.4) is 0 Å². The minimum atomic E-state index is -3.74. The second-order valence-corrected chi connectivity index (χ2v) is 9.15. The van der Waals surface area contributed by atoms with Crippen LogP contribution in [0.1, 0.15) is 25.3 Å². The molecule has 1 aliphatic heterocycles. The molecular formula is C20H24ClN3O4S. The number of piperidine rings is 1. The highest BCUT2D eigenvalue weighted by atomic mass is 35.5. The van der Waals surface area contributed by atoms with E-state index in [9.17, 15) is 13.2 Å². The van der Waals surface area contributed by atoms with Crippen molar-refractivity contribution in [2.75, 3.05) is 19.7 Å². The maximum Gasteiger partial charge on any atom is 0.243 e. The van der Waals surface area contributed by atoms with Crippen molar-refractivity contribution in [3.63, 3.8) is 0 Å². The van der Waals surface area contributed by atoms with Crippen molar-refractivity contribution in [1.29, 1.82) is 0 Å². The number of nitrogens with one attached hydrogen (secondary N) is 1. The van der Waals surface area contributed by atoms with Crippen molar-refractivity contribution in [2.45, 2.75) is 31.2 Å². The van der Waals surface area contributed by atoms with Crippen LogP contribution in [-0.2, 0) is 21.4 Å². The lowest BCUT2D eigenvalue weighted by molar-refractivity contribution is -0.126. The van der Waals surface area contributed by atoms with Crippen molar-refractivity contribution < 1.29 is 17.9 Å². The summed E-state index contributed by atoms with van der Waals surface area (Å²) in [6.45, 7) is 3.18. The van der Waals surface area contributed by atoms with E-state index in [0.717, 1.165) is 5.56 Å². The Morgan fingerprint density at radius 1 is 1.31 bits per heavy atom. The molecule has 0 aliphatic carbocycles. The van der Waals surface area contributed by atoms with Gasteiger partial charge in [0.15, 0.2) is 0 Å². The fraction of sp³-hybridized carbons (Fsp3) is 0.400. The van der Waals surface area contributed by atoms with Crippen molar-refractivity contribution in [1.82, 2.24) is 14.6 Å². The number of benzene rings is 1. The number of halogens is 1. The molecule has 3 rings (SSSR count). The quantitative estimate of drug-likeness (QED) is 0.719. The first-order valence-electron chi connectivity index (χ1n) is 9.51. The molecule has 0 bridgehead atoms. The van der Waals surface area contributed by atoms with Gasteiger partial charge in [0.25, 0.3) is 0 Å². The number of pyridine rings is 1. The predicted octanol–water partition coefficient (Wildman–Crippen LogP) is 2.85. The summed E-state index contributed by atoms with van der Waals surface area (Å²) >= 11 is 6.16. The number of hydrogen-bond acceptors (Lipinski definition) is 5. The van der Waals surface area contributed by atoms with Crippen LogP contribution < -0.4 is 10.1 Å². The van der Waals surface area contributed by atoms with Crippen LogP contribution in [-0.4, -0.2) is 43.3 Å². The van der Waals surface area contributed by atoms with Gasteiger partial charge in [-0.25, -0.2) is 8.42 Å². The molecule has 2 aromatic rings. The highest BCUT2D eigenvalue weighted by molar-refractivity contribution is 7.89. The number of hydrogen-bond donors (Lipinski definition) is 1. The van der Waals surface area contributed by atoms with Gasteiger partial charge in [-0.2, -0.15) is 4.31 Å². The third kappa shape index (κ3) is 5.26. The lowest BCUT2D eigenvalue weighted by Crippen LogP contribution is -2.45. The Kier molecular flexibility index (Phi) is 7.10. The van der Waals surface area contributed by atoms with Crippen LogP contribution in [0.2, 0.25) is 5.02 Å². The summed E-state index contributed by atoms with van der Waals surface area (Å²) in [4.78, 5) is 16.6. The van der Waals surface area contributed by atoms with Gasteiger partial charge in [0.2, 0.25) is 15.9 Å². The van der Waals surface area contributed by atoms with E-state index in [2.05, 4.69) is 10.3 Å².